The molecule has 2 aromatic rings. The van der Waals surface area contributed by atoms with Gasteiger partial charge in [0.25, 0.3) is 0 Å². The van der Waals surface area contributed by atoms with Crippen molar-refractivity contribution in [3.8, 4) is 0 Å². The minimum atomic E-state index is -0.274. The Morgan fingerprint density at radius 2 is 2.08 bits per heavy atom. The van der Waals surface area contributed by atoms with Crippen LogP contribution in [0.4, 0.5) is 0 Å². The van der Waals surface area contributed by atoms with Gasteiger partial charge in [0, 0.05) is 39.4 Å². The molecule has 140 valence electrons. The number of aromatic nitrogens is 2. The topological polar surface area (TPSA) is 50.6 Å². The summed E-state index contributed by atoms with van der Waals surface area (Å²) < 4.78 is 8.09. The average molecular weight is 375 g/mol. The Balaban J connectivity index is 1.35. The molecule has 0 aliphatic carbocycles. The Kier molecular flexibility index (Phi) is 5.11. The summed E-state index contributed by atoms with van der Waals surface area (Å²) in [7, 11) is 1.92. The van der Waals surface area contributed by atoms with Crippen LogP contribution in [0.1, 0.15) is 30.5 Å². The smallest absolute Gasteiger partial charge is 0.225 e. The average Bonchev–Trinajstić information content (AvgIpc) is 3.25. The van der Waals surface area contributed by atoms with Gasteiger partial charge in [-0.3, -0.25) is 14.4 Å². The molecular formula is C19H26N4O2S. The van der Waals surface area contributed by atoms with Gasteiger partial charge in [0.05, 0.1) is 30.9 Å². The Labute approximate surface area is 158 Å². The third-order valence-electron chi connectivity index (χ3n) is 5.62. The maximum atomic E-state index is 12.9. The van der Waals surface area contributed by atoms with E-state index in [0.717, 1.165) is 38.2 Å². The van der Waals surface area contributed by atoms with Crippen molar-refractivity contribution in [1.82, 2.24) is 19.6 Å². The summed E-state index contributed by atoms with van der Waals surface area (Å²) in [6, 6.07) is 4.16. The fraction of sp³-hybridized carbons (Fsp3) is 0.579. The van der Waals surface area contributed by atoms with Gasteiger partial charge in [0.1, 0.15) is 0 Å². The first-order valence-corrected chi connectivity index (χ1v) is 10.2. The predicted octanol–water partition coefficient (Wildman–Crippen LogP) is 2.27. The van der Waals surface area contributed by atoms with Gasteiger partial charge in [0.2, 0.25) is 5.91 Å². The number of aryl methyl sites for hydroxylation is 1. The number of thiophene rings is 1. The molecule has 0 bridgehead atoms. The zero-order valence-electron chi connectivity index (χ0n) is 15.3. The first-order chi connectivity index (χ1) is 12.6. The number of rotatable bonds is 4. The fourth-order valence-corrected chi connectivity index (χ4v) is 4.60. The lowest BCUT2D eigenvalue weighted by Crippen LogP contribution is -2.47. The fourth-order valence-electron chi connectivity index (χ4n) is 3.94. The summed E-state index contributed by atoms with van der Waals surface area (Å²) in [6.45, 7) is 4.87. The van der Waals surface area contributed by atoms with E-state index in [0.29, 0.717) is 26.1 Å². The van der Waals surface area contributed by atoms with Gasteiger partial charge in [-0.05, 0) is 41.3 Å². The summed E-state index contributed by atoms with van der Waals surface area (Å²) in [5.41, 5.74) is 2.16. The van der Waals surface area contributed by atoms with Gasteiger partial charge in [-0.1, -0.05) is 0 Å². The van der Waals surface area contributed by atoms with Crippen molar-refractivity contribution in [3.63, 3.8) is 0 Å². The van der Waals surface area contributed by atoms with Crippen LogP contribution in [-0.2, 0) is 29.7 Å². The maximum Gasteiger partial charge on any atom is 0.225 e. The van der Waals surface area contributed by atoms with Crippen molar-refractivity contribution in [2.45, 2.75) is 38.0 Å². The van der Waals surface area contributed by atoms with E-state index in [1.165, 1.54) is 5.56 Å². The zero-order chi connectivity index (χ0) is 18.0. The van der Waals surface area contributed by atoms with Crippen LogP contribution in [0.5, 0.6) is 0 Å². The molecule has 0 saturated carbocycles. The molecular weight excluding hydrogens is 348 g/mol. The molecule has 2 fully saturated rings. The quantitative estimate of drug-likeness (QED) is 0.824. The third-order valence-corrected chi connectivity index (χ3v) is 6.36. The van der Waals surface area contributed by atoms with E-state index in [9.17, 15) is 4.79 Å². The van der Waals surface area contributed by atoms with Gasteiger partial charge in [-0.15, -0.1) is 0 Å². The molecule has 4 rings (SSSR count). The van der Waals surface area contributed by atoms with Gasteiger partial charge in [0.15, 0.2) is 0 Å². The second-order valence-electron chi connectivity index (χ2n) is 7.38. The summed E-state index contributed by atoms with van der Waals surface area (Å²) in [5.74, 6) is 0.204. The summed E-state index contributed by atoms with van der Waals surface area (Å²) in [5, 5.41) is 8.54. The van der Waals surface area contributed by atoms with Crippen molar-refractivity contribution in [2.75, 3.05) is 26.2 Å². The van der Waals surface area contributed by atoms with Crippen molar-refractivity contribution >= 4 is 17.2 Å². The normalized spacial score (nSPS) is 21.3. The Bertz CT molecular complexity index is 735. The molecule has 2 saturated heterocycles. The summed E-state index contributed by atoms with van der Waals surface area (Å²) in [4.78, 5) is 17.3. The predicted molar refractivity (Wildman–Crippen MR) is 101 cm³/mol. The largest absolute Gasteiger partial charge is 0.373 e. The Morgan fingerprint density at radius 3 is 2.77 bits per heavy atom. The SMILES string of the molecule is Cn1nccc1CN1CCOC2(CCN(Cc3ccsc3)CC2)CC1=O. The van der Waals surface area contributed by atoms with Crippen LogP contribution in [0.15, 0.2) is 29.1 Å². The first-order valence-electron chi connectivity index (χ1n) is 9.26. The highest BCUT2D eigenvalue weighted by Crippen LogP contribution is 2.33. The van der Waals surface area contributed by atoms with Crippen molar-refractivity contribution in [2.24, 2.45) is 7.05 Å². The van der Waals surface area contributed by atoms with E-state index < -0.39 is 0 Å². The number of hydrogen-bond acceptors (Lipinski definition) is 5. The highest BCUT2D eigenvalue weighted by atomic mass is 32.1. The van der Waals surface area contributed by atoms with Crippen LogP contribution in [0.2, 0.25) is 0 Å². The number of ether oxygens (including phenoxy) is 1. The molecule has 7 heteroatoms. The van der Waals surface area contributed by atoms with Crippen molar-refractivity contribution < 1.29 is 9.53 Å². The van der Waals surface area contributed by atoms with E-state index in [2.05, 4.69) is 26.8 Å². The lowest BCUT2D eigenvalue weighted by molar-refractivity contribution is -0.136. The van der Waals surface area contributed by atoms with Crippen LogP contribution in [0.3, 0.4) is 0 Å². The monoisotopic (exact) mass is 374 g/mol. The van der Waals surface area contributed by atoms with E-state index in [1.54, 1.807) is 17.5 Å². The van der Waals surface area contributed by atoms with E-state index >= 15 is 0 Å². The molecule has 26 heavy (non-hydrogen) atoms. The molecule has 4 heterocycles. The third kappa shape index (κ3) is 3.84. The van der Waals surface area contributed by atoms with Gasteiger partial charge in [-0.25, -0.2) is 0 Å². The summed E-state index contributed by atoms with van der Waals surface area (Å²) >= 11 is 1.75. The molecule has 2 aliphatic rings. The molecule has 0 aromatic carbocycles. The number of likely N-dealkylation sites (tertiary alicyclic amines) is 1. The van der Waals surface area contributed by atoms with Crippen LogP contribution in [0, 0.1) is 0 Å². The molecule has 2 aliphatic heterocycles. The highest BCUT2D eigenvalue weighted by Gasteiger charge is 2.40. The minimum Gasteiger partial charge on any atom is -0.373 e. The van der Waals surface area contributed by atoms with E-state index in [-0.39, 0.29) is 11.5 Å². The van der Waals surface area contributed by atoms with Crippen molar-refractivity contribution in [3.05, 3.63) is 40.3 Å². The van der Waals surface area contributed by atoms with Crippen molar-refractivity contribution in [1.29, 1.82) is 0 Å². The number of carbonyl (C=O) groups is 1. The molecule has 6 nitrogen and oxygen atoms in total. The number of carbonyl (C=O) groups excluding carboxylic acids is 1. The van der Waals surface area contributed by atoms with Gasteiger partial charge >= 0.3 is 0 Å². The van der Waals surface area contributed by atoms with Crippen LogP contribution < -0.4 is 0 Å². The van der Waals surface area contributed by atoms with Gasteiger partial charge in [-0.2, -0.15) is 16.4 Å². The number of piperidine rings is 1. The maximum absolute atomic E-state index is 12.9. The summed E-state index contributed by atoms with van der Waals surface area (Å²) in [6.07, 6.45) is 4.14. The molecule has 0 unspecified atom stereocenters. The van der Waals surface area contributed by atoms with E-state index in [1.807, 2.05) is 22.7 Å². The molecule has 0 N–H and O–H groups in total. The second-order valence-corrected chi connectivity index (χ2v) is 8.16. The lowest BCUT2D eigenvalue weighted by atomic mass is 9.87. The molecule has 2 aromatic heterocycles. The number of nitrogens with zero attached hydrogens (tertiary/aromatic N) is 4. The second kappa shape index (κ2) is 7.50. The van der Waals surface area contributed by atoms with Gasteiger partial charge < -0.3 is 9.64 Å². The first kappa shape index (κ1) is 17.7. The van der Waals surface area contributed by atoms with E-state index in [4.69, 9.17) is 4.74 Å². The highest BCUT2D eigenvalue weighted by molar-refractivity contribution is 7.07. The lowest BCUT2D eigenvalue weighted by Gasteiger charge is -2.40. The Hall–Kier alpha value is -1.70. The minimum absolute atomic E-state index is 0.204. The van der Waals surface area contributed by atoms with Crippen LogP contribution in [-0.4, -0.2) is 57.3 Å². The zero-order valence-corrected chi connectivity index (χ0v) is 16.1. The Morgan fingerprint density at radius 1 is 1.23 bits per heavy atom. The number of hydrogen-bond donors (Lipinski definition) is 0. The van der Waals surface area contributed by atoms with Crippen LogP contribution in [0.25, 0.3) is 0 Å². The number of amides is 1. The molecule has 0 atom stereocenters. The standard InChI is InChI=1S/C19H26N4O2S/c1-21-17(2-6-20-21)14-23-9-10-25-19(12-18(23)24)4-7-22(8-5-19)13-16-3-11-26-15-16/h2-3,6,11,15H,4-5,7-10,12-14H2,1H3. The molecule has 1 amide bonds. The van der Waals surface area contributed by atoms with Crippen LogP contribution >= 0.6 is 11.3 Å². The molecule has 1 spiro atoms. The molecule has 0 radical (unpaired) electrons.